The molecular weight excluding hydrogens is 1030 g/mol. The average Bonchev–Trinajstić information content (AvgIpc) is 4.31. The van der Waals surface area contributed by atoms with E-state index >= 15 is 17.6 Å². The van der Waals surface area contributed by atoms with E-state index in [9.17, 15) is 28.0 Å². The molecule has 0 radical (unpaired) electrons. The van der Waals surface area contributed by atoms with Crippen molar-refractivity contribution in [1.82, 2.24) is 40.4 Å². The van der Waals surface area contributed by atoms with Crippen molar-refractivity contribution in [2.75, 3.05) is 50.2 Å². The normalized spacial score (nSPS) is 20.7. The number of carbonyl (C=O) groups excluding carboxylic acids is 4. The van der Waals surface area contributed by atoms with Gasteiger partial charge in [0.1, 0.15) is 41.1 Å². The lowest BCUT2D eigenvalue weighted by atomic mass is 9.89. The third kappa shape index (κ3) is 10.6. The number of H-pyrrole nitrogens is 2. The van der Waals surface area contributed by atoms with Gasteiger partial charge in [-0.2, -0.15) is 0 Å². The Morgan fingerprint density at radius 2 is 1.03 bits per heavy atom. The van der Waals surface area contributed by atoms with E-state index in [2.05, 4.69) is 20.6 Å². The second-order valence-electron chi connectivity index (χ2n) is 21.8. The number of alkyl carbamates (subject to hydrolysis) is 2. The molecule has 0 bridgehead atoms. The number of nitrogens with one attached hydrogen (secondary N) is 4. The zero-order valence-corrected chi connectivity index (χ0v) is 44.8. The molecule has 6 aromatic rings. The first-order valence-electron chi connectivity index (χ1n) is 27.0. The second-order valence-corrected chi connectivity index (χ2v) is 21.8. The van der Waals surface area contributed by atoms with Gasteiger partial charge in [-0.05, 0) is 111 Å². The Balaban J connectivity index is 0.993. The molecule has 0 unspecified atom stereocenters. The molecule has 16 nitrogen and oxygen atoms in total. The Morgan fingerprint density at radius 3 is 1.46 bits per heavy atom. The van der Waals surface area contributed by atoms with Crippen molar-refractivity contribution < 1.29 is 55.0 Å². The van der Waals surface area contributed by atoms with Crippen LogP contribution in [0, 0.1) is 46.7 Å². The summed E-state index contributed by atoms with van der Waals surface area (Å²) in [4.78, 5) is 75.0. The number of ether oxygens (including phenoxy) is 2. The van der Waals surface area contributed by atoms with Gasteiger partial charge in [-0.25, -0.2) is 45.9 Å². The van der Waals surface area contributed by atoms with Gasteiger partial charge in [0.15, 0.2) is 23.3 Å². The number of fused-ring (bicyclic) bond motifs is 2. The van der Waals surface area contributed by atoms with E-state index in [0.29, 0.717) is 79.9 Å². The number of imidazole rings is 2. The van der Waals surface area contributed by atoms with Gasteiger partial charge in [-0.15, -0.1) is 0 Å². The van der Waals surface area contributed by atoms with E-state index in [1.165, 1.54) is 44.6 Å². The maximum atomic E-state index is 17.0. The predicted octanol–water partition coefficient (Wildman–Crippen LogP) is 10.8. The standard InChI is InChI=1S/C57H64F6N10O6/c1-28(2)49(68-56(76)78-5)54(74)71-17-7-9-47(71)52-64-41-24-33(36(59)26-43(41)66-52)45-13-14-46(73(45)32-22-39(62)51(40(63)23-32)70-19-15-30(16-20-70)31-11-12-35(58)38(61)21-31)34-25-42-44(27-37(34)60)67-53(65-42)48-10-8-18-72(48)55(75)50(29(3)4)69-57(77)79-6/h11-12,21-30,45-50H,7-10,13-20H2,1-6H3,(H,64,66)(H,65,67)(H,68,76)(H,69,77)/t45-,46-,47+,48+,49+,50+/m1/s1. The van der Waals surface area contributed by atoms with Gasteiger partial charge in [-0.1, -0.05) is 33.8 Å². The number of rotatable bonds is 13. The zero-order chi connectivity index (χ0) is 56.1. The molecule has 0 aliphatic carbocycles. The molecule has 4 amide bonds. The quantitative estimate of drug-likeness (QED) is 0.0813. The summed E-state index contributed by atoms with van der Waals surface area (Å²) in [7, 11) is 2.43. The number of piperidine rings is 1. The summed E-state index contributed by atoms with van der Waals surface area (Å²) in [6.45, 7) is 8.44. The maximum absolute atomic E-state index is 17.0. The highest BCUT2D eigenvalue weighted by atomic mass is 19.2. The number of anilines is 2. The predicted molar refractivity (Wildman–Crippen MR) is 282 cm³/mol. The number of likely N-dealkylation sites (tertiary alicyclic amines) is 2. The van der Waals surface area contributed by atoms with Gasteiger partial charge in [0.25, 0.3) is 0 Å². The Morgan fingerprint density at radius 1 is 0.557 bits per heavy atom. The van der Waals surface area contributed by atoms with Gasteiger partial charge >= 0.3 is 12.2 Å². The van der Waals surface area contributed by atoms with Crippen LogP contribution in [-0.4, -0.2) is 106 Å². The molecular formula is C57H64F6N10O6. The van der Waals surface area contributed by atoms with E-state index in [0.717, 1.165) is 12.1 Å². The largest absolute Gasteiger partial charge is 0.453 e. The summed E-state index contributed by atoms with van der Waals surface area (Å²) in [5.74, 6) is -5.62. The minimum Gasteiger partial charge on any atom is -0.453 e. The van der Waals surface area contributed by atoms with Crippen molar-refractivity contribution in [2.45, 2.75) is 121 Å². The lowest BCUT2D eigenvalue weighted by molar-refractivity contribution is -0.136. The minimum atomic E-state index is -0.970. The van der Waals surface area contributed by atoms with E-state index in [4.69, 9.17) is 19.4 Å². The molecule has 2 aromatic heterocycles. The Labute approximate surface area is 452 Å². The molecule has 0 spiro atoms. The molecule has 0 saturated carbocycles. The number of carbonyl (C=O) groups is 4. The van der Waals surface area contributed by atoms with Gasteiger partial charge in [0, 0.05) is 55.1 Å². The van der Waals surface area contributed by atoms with Crippen LogP contribution >= 0.6 is 0 Å². The second kappa shape index (κ2) is 22.3. The molecule has 79 heavy (non-hydrogen) atoms. The SMILES string of the molecule is COC(=O)N[C@H](C(=O)N1CCC[C@H]1c1nc2cc(F)c([C@H]3CC[C@H](c4cc5[nH]c([C@@H]6CCCN6C(=O)[C@@H](NC(=O)OC)C(C)C)nc5cc4F)N3c3cc(F)c(N4CCC(c5ccc(F)c(F)c5)CC4)c(F)c3)cc2[nH]1)C(C)C. The topological polar surface area (TPSA) is 181 Å². The fourth-order valence-corrected chi connectivity index (χ4v) is 12.3. The number of amides is 4. The maximum Gasteiger partial charge on any atom is 0.407 e. The monoisotopic (exact) mass is 1100 g/mol. The van der Waals surface area contributed by atoms with Gasteiger partial charge in [0.05, 0.1) is 60.5 Å². The Bertz CT molecular complexity index is 3130. The summed E-state index contributed by atoms with van der Waals surface area (Å²) >= 11 is 0. The highest BCUT2D eigenvalue weighted by molar-refractivity contribution is 5.88. The van der Waals surface area contributed by atoms with Crippen LogP contribution in [0.5, 0.6) is 0 Å². The fourth-order valence-electron chi connectivity index (χ4n) is 12.3. The Kier molecular flexibility index (Phi) is 15.5. The Hall–Kier alpha value is -7.52. The van der Waals surface area contributed by atoms with Crippen LogP contribution in [0.3, 0.4) is 0 Å². The van der Waals surface area contributed by atoms with Crippen LogP contribution in [0.2, 0.25) is 0 Å². The highest BCUT2D eigenvalue weighted by Crippen LogP contribution is 2.50. The smallest absolute Gasteiger partial charge is 0.407 e. The number of nitrogens with zero attached hydrogens (tertiary/aromatic N) is 6. The van der Waals surface area contributed by atoms with Crippen molar-refractivity contribution >= 4 is 57.4 Å². The number of methoxy groups -OCH3 is 2. The minimum absolute atomic E-state index is 0.0262. The van der Waals surface area contributed by atoms with Crippen LogP contribution in [0.25, 0.3) is 22.1 Å². The lowest BCUT2D eigenvalue weighted by Gasteiger charge is -2.36. The van der Waals surface area contributed by atoms with Crippen molar-refractivity contribution in [2.24, 2.45) is 11.8 Å². The van der Waals surface area contributed by atoms with E-state index in [1.807, 2.05) is 27.7 Å². The van der Waals surface area contributed by atoms with Crippen molar-refractivity contribution in [1.29, 1.82) is 0 Å². The fraction of sp³-hybridized carbons (Fsp3) is 0.474. The number of halogens is 6. The summed E-state index contributed by atoms with van der Waals surface area (Å²) in [5.41, 5.74) is 2.03. The highest BCUT2D eigenvalue weighted by Gasteiger charge is 2.43. The number of aromatic amines is 2. The van der Waals surface area contributed by atoms with Gasteiger partial charge in [0.2, 0.25) is 11.8 Å². The first kappa shape index (κ1) is 54.8. The number of hydrogen-bond donors (Lipinski definition) is 4. The van der Waals surface area contributed by atoms with Crippen LogP contribution < -0.4 is 20.4 Å². The molecule has 10 rings (SSSR count). The summed E-state index contributed by atoms with van der Waals surface area (Å²) < 4.78 is 105. The van der Waals surface area contributed by atoms with Crippen LogP contribution in [0.4, 0.5) is 47.3 Å². The molecule has 4 N–H and O–H groups in total. The third-order valence-corrected chi connectivity index (χ3v) is 16.4. The first-order chi connectivity index (χ1) is 37.8. The molecule has 4 saturated heterocycles. The summed E-state index contributed by atoms with van der Waals surface area (Å²) in [6.07, 6.45) is 2.14. The van der Waals surface area contributed by atoms with Gasteiger partial charge in [-0.3, -0.25) is 9.59 Å². The molecule has 4 aliphatic heterocycles. The lowest BCUT2D eigenvalue weighted by Crippen LogP contribution is -2.51. The molecule has 22 heteroatoms. The number of aromatic nitrogens is 4. The molecule has 6 atom stereocenters. The third-order valence-electron chi connectivity index (χ3n) is 16.4. The summed E-state index contributed by atoms with van der Waals surface area (Å²) in [5, 5.41) is 5.28. The number of benzene rings is 4. The molecule has 4 aromatic carbocycles. The van der Waals surface area contributed by atoms with Gasteiger partial charge < -0.3 is 49.7 Å². The molecule has 420 valence electrons. The van der Waals surface area contributed by atoms with E-state index < -0.39 is 83.3 Å². The van der Waals surface area contributed by atoms with Crippen molar-refractivity contribution in [3.8, 4) is 0 Å². The average molecular weight is 1100 g/mol. The molecule has 6 heterocycles. The van der Waals surface area contributed by atoms with E-state index in [-0.39, 0.29) is 89.0 Å². The zero-order valence-electron chi connectivity index (χ0n) is 44.8. The first-order valence-corrected chi connectivity index (χ1v) is 27.0. The molecule has 4 aliphatic rings. The van der Waals surface area contributed by atoms with Crippen molar-refractivity contribution in [3.05, 3.63) is 118 Å². The van der Waals surface area contributed by atoms with Crippen LogP contribution in [-0.2, 0) is 19.1 Å². The van der Waals surface area contributed by atoms with Crippen molar-refractivity contribution in [3.63, 3.8) is 0 Å². The van der Waals surface area contributed by atoms with E-state index in [1.54, 1.807) is 31.7 Å². The van der Waals surface area contributed by atoms with Crippen LogP contribution in [0.15, 0.2) is 54.6 Å². The summed E-state index contributed by atoms with van der Waals surface area (Å²) in [6, 6.07) is 7.18. The van der Waals surface area contributed by atoms with Crippen LogP contribution in [0.1, 0.15) is 137 Å². The number of hydrogen-bond acceptors (Lipinski definition) is 10. The molecule has 4 fully saturated rings.